The van der Waals surface area contributed by atoms with Crippen LogP contribution in [0.5, 0.6) is 5.75 Å². The van der Waals surface area contributed by atoms with Gasteiger partial charge in [0.15, 0.2) is 0 Å². The summed E-state index contributed by atoms with van der Waals surface area (Å²) in [7, 11) is 2.14. The predicted molar refractivity (Wildman–Crippen MR) is 84.8 cm³/mol. The Kier molecular flexibility index (Phi) is 7.79. The first-order valence-electron chi connectivity index (χ1n) is 7.26. The van der Waals surface area contributed by atoms with Crippen LogP contribution >= 0.6 is 0 Å². The van der Waals surface area contributed by atoms with Gasteiger partial charge in [-0.1, -0.05) is 32.1 Å². The molecule has 3 nitrogen and oxygen atoms in total. The van der Waals surface area contributed by atoms with E-state index in [0.717, 1.165) is 30.3 Å². The lowest BCUT2D eigenvalue weighted by Gasteiger charge is -2.20. The van der Waals surface area contributed by atoms with E-state index in [0.29, 0.717) is 13.2 Å². The Labute approximate surface area is 123 Å². The Morgan fingerprint density at radius 2 is 2.00 bits per heavy atom. The van der Waals surface area contributed by atoms with Gasteiger partial charge in [0, 0.05) is 18.7 Å². The zero-order valence-electron chi connectivity index (χ0n) is 12.9. The summed E-state index contributed by atoms with van der Waals surface area (Å²) >= 11 is 0. The molecule has 110 valence electrons. The molecule has 0 spiro atoms. The smallest absolute Gasteiger partial charge is 0.119 e. The minimum atomic E-state index is 0.390. The molecule has 1 rings (SSSR count). The molecule has 0 bridgehead atoms. The second-order valence-electron chi connectivity index (χ2n) is 5.15. The molecule has 0 amide bonds. The lowest BCUT2D eigenvalue weighted by molar-refractivity contribution is 0.217. The molecule has 1 atom stereocenters. The fraction of sp³-hybridized carbons (Fsp3) is 0.529. The number of benzene rings is 1. The number of hydrogen-bond donors (Lipinski definition) is 1. The minimum Gasteiger partial charge on any atom is -0.492 e. The molecule has 0 aliphatic heterocycles. The molecule has 1 unspecified atom stereocenters. The van der Waals surface area contributed by atoms with Crippen LogP contribution in [0.3, 0.4) is 0 Å². The van der Waals surface area contributed by atoms with Gasteiger partial charge in [0.2, 0.25) is 0 Å². The van der Waals surface area contributed by atoms with Crippen LogP contribution in [0.4, 0.5) is 0 Å². The zero-order valence-corrected chi connectivity index (χ0v) is 12.9. The number of likely N-dealkylation sites (N-methyl/N-ethyl adjacent to an activating group) is 1. The highest BCUT2D eigenvalue weighted by Crippen LogP contribution is 2.11. The van der Waals surface area contributed by atoms with E-state index in [4.69, 9.17) is 10.5 Å². The van der Waals surface area contributed by atoms with E-state index < -0.39 is 0 Å². The largest absolute Gasteiger partial charge is 0.492 e. The SMILES string of the molecule is CCC(C)CN(C)CCOc1ccc(C#CCN)cc1. The molecular weight excluding hydrogens is 248 g/mol. The van der Waals surface area contributed by atoms with Crippen molar-refractivity contribution < 1.29 is 4.74 Å². The zero-order chi connectivity index (χ0) is 14.8. The Bertz CT molecular complexity index is 431. The van der Waals surface area contributed by atoms with Gasteiger partial charge >= 0.3 is 0 Å². The summed E-state index contributed by atoms with van der Waals surface area (Å²) in [5.74, 6) is 7.46. The third-order valence-electron chi connectivity index (χ3n) is 3.25. The number of nitrogens with zero attached hydrogens (tertiary/aromatic N) is 1. The molecule has 3 heteroatoms. The molecular formula is C17H26N2O. The van der Waals surface area contributed by atoms with Gasteiger partial charge in [0.05, 0.1) is 6.54 Å². The van der Waals surface area contributed by atoms with Crippen molar-refractivity contribution in [2.24, 2.45) is 11.7 Å². The predicted octanol–water partition coefficient (Wildman–Crippen LogP) is 2.35. The maximum absolute atomic E-state index is 5.74. The molecule has 0 saturated carbocycles. The fourth-order valence-electron chi connectivity index (χ4n) is 1.86. The van der Waals surface area contributed by atoms with Crippen molar-refractivity contribution in [1.82, 2.24) is 4.90 Å². The first-order valence-corrected chi connectivity index (χ1v) is 7.26. The average Bonchev–Trinajstić information content (AvgIpc) is 2.46. The Morgan fingerprint density at radius 1 is 1.30 bits per heavy atom. The topological polar surface area (TPSA) is 38.5 Å². The fourth-order valence-corrected chi connectivity index (χ4v) is 1.86. The first-order chi connectivity index (χ1) is 9.65. The van der Waals surface area contributed by atoms with Crippen molar-refractivity contribution in [3.8, 4) is 17.6 Å². The normalized spacial score (nSPS) is 11.8. The highest BCUT2D eigenvalue weighted by molar-refractivity contribution is 5.38. The molecule has 2 N–H and O–H groups in total. The van der Waals surface area contributed by atoms with Crippen molar-refractivity contribution in [2.45, 2.75) is 20.3 Å². The summed E-state index contributed by atoms with van der Waals surface area (Å²) in [5, 5.41) is 0. The van der Waals surface area contributed by atoms with E-state index in [9.17, 15) is 0 Å². The van der Waals surface area contributed by atoms with E-state index in [-0.39, 0.29) is 0 Å². The van der Waals surface area contributed by atoms with E-state index in [1.165, 1.54) is 6.42 Å². The monoisotopic (exact) mass is 274 g/mol. The van der Waals surface area contributed by atoms with E-state index >= 15 is 0 Å². The van der Waals surface area contributed by atoms with Crippen molar-refractivity contribution in [1.29, 1.82) is 0 Å². The molecule has 0 saturated heterocycles. The molecule has 0 radical (unpaired) electrons. The third-order valence-corrected chi connectivity index (χ3v) is 3.25. The summed E-state index contributed by atoms with van der Waals surface area (Å²) in [6.45, 7) is 7.66. The van der Waals surface area contributed by atoms with Crippen LogP contribution in [-0.4, -0.2) is 38.2 Å². The van der Waals surface area contributed by atoms with Crippen LogP contribution in [0, 0.1) is 17.8 Å². The van der Waals surface area contributed by atoms with Gasteiger partial charge in [-0.3, -0.25) is 0 Å². The summed E-state index contributed by atoms with van der Waals surface area (Å²) in [4.78, 5) is 2.31. The second kappa shape index (κ2) is 9.41. The highest BCUT2D eigenvalue weighted by atomic mass is 16.5. The van der Waals surface area contributed by atoms with E-state index in [1.807, 2.05) is 24.3 Å². The van der Waals surface area contributed by atoms with Gasteiger partial charge in [-0.2, -0.15) is 0 Å². The van der Waals surface area contributed by atoms with Crippen molar-refractivity contribution >= 4 is 0 Å². The van der Waals surface area contributed by atoms with E-state index in [2.05, 4.69) is 37.6 Å². The second-order valence-corrected chi connectivity index (χ2v) is 5.15. The molecule has 0 fully saturated rings. The van der Waals surface area contributed by atoms with Crippen LogP contribution in [0.25, 0.3) is 0 Å². The van der Waals surface area contributed by atoms with Crippen LogP contribution in [0.1, 0.15) is 25.8 Å². The number of rotatable bonds is 7. The van der Waals surface area contributed by atoms with Crippen LogP contribution in [0.15, 0.2) is 24.3 Å². The Morgan fingerprint density at radius 3 is 2.60 bits per heavy atom. The number of nitrogens with two attached hydrogens (primary N) is 1. The van der Waals surface area contributed by atoms with Gasteiger partial charge in [-0.05, 0) is 37.2 Å². The number of ether oxygens (including phenoxy) is 1. The summed E-state index contributed by atoms with van der Waals surface area (Å²) in [6.07, 6.45) is 1.22. The first kappa shape index (κ1) is 16.6. The highest BCUT2D eigenvalue weighted by Gasteiger charge is 2.04. The quantitative estimate of drug-likeness (QED) is 0.776. The molecule has 20 heavy (non-hydrogen) atoms. The van der Waals surface area contributed by atoms with Gasteiger partial charge in [-0.15, -0.1) is 0 Å². The lowest BCUT2D eigenvalue weighted by Crippen LogP contribution is -2.28. The van der Waals surface area contributed by atoms with Crippen LogP contribution < -0.4 is 10.5 Å². The van der Waals surface area contributed by atoms with Gasteiger partial charge in [0.1, 0.15) is 12.4 Å². The Hall–Kier alpha value is -1.50. The standard InChI is InChI=1S/C17H26N2O/c1-4-15(2)14-19(3)12-13-20-17-9-7-16(8-10-17)6-5-11-18/h7-10,15H,4,11-14,18H2,1-3H3. The number of hydrogen-bond acceptors (Lipinski definition) is 3. The molecule has 0 aromatic heterocycles. The lowest BCUT2D eigenvalue weighted by atomic mass is 10.1. The summed E-state index contributed by atoms with van der Waals surface area (Å²) in [5.41, 5.74) is 6.31. The third kappa shape index (κ3) is 6.60. The molecule has 0 heterocycles. The van der Waals surface area contributed by atoms with Gasteiger partial charge in [-0.25, -0.2) is 0 Å². The van der Waals surface area contributed by atoms with Crippen molar-refractivity contribution in [2.75, 3.05) is 33.3 Å². The van der Waals surface area contributed by atoms with E-state index in [1.54, 1.807) is 0 Å². The van der Waals surface area contributed by atoms with Crippen LogP contribution in [0.2, 0.25) is 0 Å². The maximum Gasteiger partial charge on any atom is 0.119 e. The molecule has 0 aliphatic rings. The molecule has 1 aromatic carbocycles. The maximum atomic E-state index is 5.74. The van der Waals surface area contributed by atoms with Gasteiger partial charge in [0.25, 0.3) is 0 Å². The van der Waals surface area contributed by atoms with Crippen molar-refractivity contribution in [3.05, 3.63) is 29.8 Å². The Balaban J connectivity index is 2.31. The average molecular weight is 274 g/mol. The summed E-state index contributed by atoms with van der Waals surface area (Å²) in [6, 6.07) is 7.83. The van der Waals surface area contributed by atoms with Crippen molar-refractivity contribution in [3.63, 3.8) is 0 Å². The van der Waals surface area contributed by atoms with Gasteiger partial charge < -0.3 is 15.4 Å². The molecule has 1 aromatic rings. The minimum absolute atomic E-state index is 0.390. The van der Waals surface area contributed by atoms with Crippen LogP contribution in [-0.2, 0) is 0 Å². The summed E-state index contributed by atoms with van der Waals surface area (Å²) < 4.78 is 5.74. The molecule has 0 aliphatic carbocycles.